The van der Waals surface area contributed by atoms with Crippen molar-refractivity contribution in [3.63, 3.8) is 0 Å². The quantitative estimate of drug-likeness (QED) is 0.755. The standard InChI is InChI=1S/C18H31NO2/c1-6-20-13-15(2)21-14-17-9-7-16(8-10-17)11-12-19-18(3,4)5/h7-10,15,19H,6,11-14H2,1-5H3. The minimum atomic E-state index is 0.139. The molecule has 1 N–H and O–H groups in total. The van der Waals surface area contributed by atoms with Crippen LogP contribution in [0.5, 0.6) is 0 Å². The number of nitrogens with one attached hydrogen (secondary N) is 1. The average Bonchev–Trinajstić information content (AvgIpc) is 2.43. The van der Waals surface area contributed by atoms with Gasteiger partial charge in [-0.05, 0) is 58.7 Å². The highest BCUT2D eigenvalue weighted by atomic mass is 16.5. The van der Waals surface area contributed by atoms with Gasteiger partial charge in [0.1, 0.15) is 0 Å². The molecule has 1 aromatic rings. The van der Waals surface area contributed by atoms with Gasteiger partial charge < -0.3 is 14.8 Å². The minimum absolute atomic E-state index is 0.139. The molecule has 0 aromatic heterocycles. The van der Waals surface area contributed by atoms with Crippen LogP contribution in [0.2, 0.25) is 0 Å². The summed E-state index contributed by atoms with van der Waals surface area (Å²) < 4.78 is 11.1. The van der Waals surface area contributed by atoms with Crippen molar-refractivity contribution in [2.24, 2.45) is 0 Å². The van der Waals surface area contributed by atoms with Gasteiger partial charge in [-0.1, -0.05) is 24.3 Å². The van der Waals surface area contributed by atoms with E-state index in [1.807, 2.05) is 13.8 Å². The number of ether oxygens (including phenoxy) is 2. The third kappa shape index (κ3) is 8.86. The first-order valence-corrected chi connectivity index (χ1v) is 7.93. The normalized spacial score (nSPS) is 13.4. The summed E-state index contributed by atoms with van der Waals surface area (Å²) in [5.41, 5.74) is 2.76. The fraction of sp³-hybridized carbons (Fsp3) is 0.667. The summed E-state index contributed by atoms with van der Waals surface area (Å²) in [4.78, 5) is 0. The van der Waals surface area contributed by atoms with Gasteiger partial charge in [-0.15, -0.1) is 0 Å². The summed E-state index contributed by atoms with van der Waals surface area (Å²) in [7, 11) is 0. The lowest BCUT2D eigenvalue weighted by atomic mass is 10.1. The molecule has 21 heavy (non-hydrogen) atoms. The molecule has 3 heteroatoms. The van der Waals surface area contributed by atoms with Crippen molar-refractivity contribution in [1.29, 1.82) is 0 Å². The van der Waals surface area contributed by atoms with Crippen LogP contribution in [0, 0.1) is 0 Å². The smallest absolute Gasteiger partial charge is 0.0785 e. The molecular weight excluding hydrogens is 262 g/mol. The lowest BCUT2D eigenvalue weighted by Crippen LogP contribution is -2.37. The number of benzene rings is 1. The average molecular weight is 293 g/mol. The van der Waals surface area contributed by atoms with Crippen molar-refractivity contribution in [2.75, 3.05) is 19.8 Å². The van der Waals surface area contributed by atoms with Crippen LogP contribution < -0.4 is 5.32 Å². The molecule has 0 amide bonds. The first-order chi connectivity index (χ1) is 9.90. The number of hydrogen-bond acceptors (Lipinski definition) is 3. The first-order valence-electron chi connectivity index (χ1n) is 7.93. The fourth-order valence-corrected chi connectivity index (χ4v) is 1.95. The van der Waals surface area contributed by atoms with Gasteiger partial charge in [0, 0.05) is 12.1 Å². The predicted molar refractivity (Wildman–Crippen MR) is 88.6 cm³/mol. The van der Waals surface area contributed by atoms with Gasteiger partial charge in [0.05, 0.1) is 19.3 Å². The van der Waals surface area contributed by atoms with Crippen LogP contribution in [-0.4, -0.2) is 31.4 Å². The second-order valence-electron chi connectivity index (χ2n) is 6.52. The summed E-state index contributed by atoms with van der Waals surface area (Å²) in [6.45, 7) is 13.7. The molecule has 0 bridgehead atoms. The molecule has 0 aliphatic rings. The van der Waals surface area contributed by atoms with E-state index < -0.39 is 0 Å². The minimum Gasteiger partial charge on any atom is -0.379 e. The van der Waals surface area contributed by atoms with Gasteiger partial charge in [-0.25, -0.2) is 0 Å². The SMILES string of the molecule is CCOCC(C)OCc1ccc(CCNC(C)(C)C)cc1. The monoisotopic (exact) mass is 293 g/mol. The Bertz CT molecular complexity index is 381. The van der Waals surface area contributed by atoms with Crippen LogP contribution >= 0.6 is 0 Å². The molecule has 0 saturated heterocycles. The van der Waals surface area contributed by atoms with Crippen LogP contribution in [0.1, 0.15) is 45.7 Å². The molecular formula is C18H31NO2. The molecule has 0 aliphatic heterocycles. The maximum atomic E-state index is 5.76. The fourth-order valence-electron chi connectivity index (χ4n) is 1.95. The van der Waals surface area contributed by atoms with Gasteiger partial charge in [0.25, 0.3) is 0 Å². The molecule has 0 fully saturated rings. The van der Waals surface area contributed by atoms with E-state index in [1.165, 1.54) is 11.1 Å². The van der Waals surface area contributed by atoms with Crippen molar-refractivity contribution < 1.29 is 9.47 Å². The van der Waals surface area contributed by atoms with Gasteiger partial charge in [-0.2, -0.15) is 0 Å². The van der Waals surface area contributed by atoms with E-state index in [4.69, 9.17) is 9.47 Å². The Balaban J connectivity index is 2.30. The van der Waals surface area contributed by atoms with E-state index in [0.717, 1.165) is 19.6 Å². The van der Waals surface area contributed by atoms with Crippen LogP contribution in [0.4, 0.5) is 0 Å². The largest absolute Gasteiger partial charge is 0.379 e. The highest BCUT2D eigenvalue weighted by Gasteiger charge is 2.07. The van der Waals surface area contributed by atoms with Crippen LogP contribution in [0.15, 0.2) is 24.3 Å². The van der Waals surface area contributed by atoms with Crippen molar-refractivity contribution in [3.8, 4) is 0 Å². The van der Waals surface area contributed by atoms with Crippen molar-refractivity contribution in [2.45, 2.75) is 59.3 Å². The van der Waals surface area contributed by atoms with Gasteiger partial charge in [0.15, 0.2) is 0 Å². The highest BCUT2D eigenvalue weighted by Crippen LogP contribution is 2.08. The van der Waals surface area contributed by atoms with E-state index >= 15 is 0 Å². The maximum Gasteiger partial charge on any atom is 0.0785 e. The topological polar surface area (TPSA) is 30.5 Å². The third-order valence-corrected chi connectivity index (χ3v) is 3.18. The second-order valence-corrected chi connectivity index (χ2v) is 6.52. The molecule has 0 heterocycles. The second kappa shape index (κ2) is 9.19. The van der Waals surface area contributed by atoms with Crippen molar-refractivity contribution >= 4 is 0 Å². The Labute approximate surface area is 130 Å². The summed E-state index contributed by atoms with van der Waals surface area (Å²) in [5.74, 6) is 0. The zero-order valence-corrected chi connectivity index (χ0v) is 14.2. The van der Waals surface area contributed by atoms with E-state index in [9.17, 15) is 0 Å². The van der Waals surface area contributed by atoms with E-state index in [2.05, 4.69) is 50.4 Å². The Morgan fingerprint density at radius 2 is 1.71 bits per heavy atom. The lowest BCUT2D eigenvalue weighted by molar-refractivity contribution is -0.0116. The van der Waals surface area contributed by atoms with Gasteiger partial charge in [-0.3, -0.25) is 0 Å². The summed E-state index contributed by atoms with van der Waals surface area (Å²) >= 11 is 0. The van der Waals surface area contributed by atoms with E-state index in [-0.39, 0.29) is 11.6 Å². The highest BCUT2D eigenvalue weighted by molar-refractivity contribution is 5.22. The summed E-state index contributed by atoms with van der Waals surface area (Å²) in [6.07, 6.45) is 1.19. The molecule has 0 saturated carbocycles. The summed E-state index contributed by atoms with van der Waals surface area (Å²) in [5, 5.41) is 3.51. The Hall–Kier alpha value is -0.900. The Morgan fingerprint density at radius 3 is 2.29 bits per heavy atom. The number of hydrogen-bond donors (Lipinski definition) is 1. The lowest BCUT2D eigenvalue weighted by Gasteiger charge is -2.20. The zero-order valence-electron chi connectivity index (χ0n) is 14.2. The van der Waals surface area contributed by atoms with Crippen LogP contribution in [-0.2, 0) is 22.5 Å². The molecule has 0 aliphatic carbocycles. The molecule has 1 aromatic carbocycles. The maximum absolute atomic E-state index is 5.76. The van der Waals surface area contributed by atoms with Crippen molar-refractivity contribution in [1.82, 2.24) is 5.32 Å². The predicted octanol–water partition coefficient (Wildman–Crippen LogP) is 3.56. The molecule has 3 nitrogen and oxygen atoms in total. The first kappa shape index (κ1) is 18.1. The molecule has 1 atom stereocenters. The Kier molecular flexibility index (Phi) is 7.94. The third-order valence-electron chi connectivity index (χ3n) is 3.18. The molecule has 0 spiro atoms. The Morgan fingerprint density at radius 1 is 1.10 bits per heavy atom. The molecule has 120 valence electrons. The van der Waals surface area contributed by atoms with Crippen LogP contribution in [0.25, 0.3) is 0 Å². The molecule has 1 rings (SSSR count). The van der Waals surface area contributed by atoms with Gasteiger partial charge in [0.2, 0.25) is 0 Å². The van der Waals surface area contributed by atoms with E-state index in [1.54, 1.807) is 0 Å². The number of rotatable bonds is 9. The molecule has 1 unspecified atom stereocenters. The zero-order chi connectivity index (χ0) is 15.7. The van der Waals surface area contributed by atoms with Gasteiger partial charge >= 0.3 is 0 Å². The van der Waals surface area contributed by atoms with E-state index in [0.29, 0.717) is 13.2 Å². The molecule has 0 radical (unpaired) electrons. The van der Waals surface area contributed by atoms with Crippen molar-refractivity contribution in [3.05, 3.63) is 35.4 Å². The van der Waals surface area contributed by atoms with Crippen LogP contribution in [0.3, 0.4) is 0 Å². The summed E-state index contributed by atoms with van der Waals surface area (Å²) in [6, 6.07) is 8.69.